The number of nitrogens with zero attached hydrogens (tertiary/aromatic N) is 2. The van der Waals surface area contributed by atoms with Crippen LogP contribution in [-0.2, 0) is 14.3 Å². The molecule has 2 aliphatic heterocycles. The van der Waals surface area contributed by atoms with Crippen LogP contribution in [0.5, 0.6) is 5.75 Å². The van der Waals surface area contributed by atoms with Gasteiger partial charge in [-0.25, -0.2) is 0 Å². The second-order valence-electron chi connectivity index (χ2n) is 7.48. The highest BCUT2D eigenvalue weighted by Crippen LogP contribution is 2.32. The third-order valence-electron chi connectivity index (χ3n) is 5.55. The molecule has 1 aromatic carbocycles. The van der Waals surface area contributed by atoms with Gasteiger partial charge in [0.2, 0.25) is 0 Å². The summed E-state index contributed by atoms with van der Waals surface area (Å²) in [6.45, 7) is 0.250. The van der Waals surface area contributed by atoms with Crippen molar-refractivity contribution in [3.8, 4) is 5.75 Å². The lowest BCUT2D eigenvalue weighted by Gasteiger charge is -2.42. The Labute approximate surface area is 183 Å². The molecule has 3 atom stereocenters. The number of rotatable bonds is 4. The van der Waals surface area contributed by atoms with Crippen LogP contribution in [0.2, 0.25) is 0 Å². The molecule has 10 heteroatoms. The van der Waals surface area contributed by atoms with Crippen LogP contribution in [0, 0.1) is 0 Å². The molecule has 0 radical (unpaired) electrons. The molecule has 1 saturated heterocycles. The summed E-state index contributed by atoms with van der Waals surface area (Å²) in [5.41, 5.74) is 2.46. The number of carbonyl (C=O) groups excluding carboxylic acids is 3. The largest absolute Gasteiger partial charge is 0.490 e. The molecule has 0 unspecified atom stereocenters. The summed E-state index contributed by atoms with van der Waals surface area (Å²) in [6, 6.07) is 4.80. The zero-order valence-electron chi connectivity index (χ0n) is 17.2. The smallest absolute Gasteiger partial charge is 0.308 e. The van der Waals surface area contributed by atoms with Crippen LogP contribution in [-0.4, -0.2) is 66.7 Å². The minimum Gasteiger partial charge on any atom is -0.490 e. The molecule has 0 spiro atoms. The average Bonchev–Trinajstić information content (AvgIpc) is 3.32. The van der Waals surface area contributed by atoms with Crippen molar-refractivity contribution >= 4 is 34.8 Å². The van der Waals surface area contributed by atoms with Crippen LogP contribution < -0.4 is 10.1 Å². The van der Waals surface area contributed by atoms with Crippen molar-refractivity contribution in [3.05, 3.63) is 40.3 Å². The molecule has 0 bridgehead atoms. The molecule has 9 nitrogen and oxygen atoms in total. The van der Waals surface area contributed by atoms with Gasteiger partial charge in [-0.3, -0.25) is 19.4 Å². The minimum absolute atomic E-state index is 0.176. The predicted octanol–water partition coefficient (Wildman–Crippen LogP) is 2.34. The van der Waals surface area contributed by atoms with Crippen molar-refractivity contribution < 1.29 is 28.6 Å². The van der Waals surface area contributed by atoms with Crippen LogP contribution in [0.25, 0.3) is 0 Å². The number of hydrogen-bond donors (Lipinski definition) is 1. The number of amides is 2. The Morgan fingerprint density at radius 2 is 2.19 bits per heavy atom. The topological polar surface area (TPSA) is 107 Å². The SMILES string of the molecule is COC(=O)C[C@H]1CC[C@H]2[C@@H](COc3ccc(NC(=O)c4cncs4)cc3C(=O)N2C)O1. The van der Waals surface area contributed by atoms with Gasteiger partial charge in [0.05, 0.1) is 42.9 Å². The quantitative estimate of drug-likeness (QED) is 0.720. The standard InChI is InChI=1S/C21H23N3O6S/c1-24-15-5-4-13(8-19(25)28-2)30-17(15)10-29-16-6-3-12(7-14(16)21(24)27)23-20(26)18-9-22-11-31-18/h3,6-7,9,11,13,15,17H,4-5,8,10H2,1-2H3,(H,23,26)/t13-,15+,17-/m1/s1. The van der Waals surface area contributed by atoms with Gasteiger partial charge in [-0.15, -0.1) is 11.3 Å². The molecule has 2 aromatic rings. The Morgan fingerprint density at radius 3 is 2.94 bits per heavy atom. The third kappa shape index (κ3) is 4.54. The van der Waals surface area contributed by atoms with Gasteiger partial charge in [-0.2, -0.15) is 0 Å². The van der Waals surface area contributed by atoms with Gasteiger partial charge < -0.3 is 24.4 Å². The monoisotopic (exact) mass is 445 g/mol. The number of ether oxygens (including phenoxy) is 3. The van der Waals surface area contributed by atoms with E-state index in [-0.39, 0.29) is 49.1 Å². The Kier molecular flexibility index (Phi) is 6.19. The zero-order valence-corrected chi connectivity index (χ0v) is 18.0. The molecule has 4 rings (SSSR count). The number of nitrogens with one attached hydrogen (secondary N) is 1. The molecule has 3 heterocycles. The summed E-state index contributed by atoms with van der Waals surface area (Å²) in [4.78, 5) is 43.2. The second kappa shape index (κ2) is 9.03. The van der Waals surface area contributed by atoms with Crippen LogP contribution in [0.4, 0.5) is 5.69 Å². The van der Waals surface area contributed by atoms with Gasteiger partial charge >= 0.3 is 5.97 Å². The Bertz CT molecular complexity index is 979. The Balaban J connectivity index is 1.52. The summed E-state index contributed by atoms with van der Waals surface area (Å²) < 4.78 is 16.7. The number of thiazole rings is 1. The first-order chi connectivity index (χ1) is 15.0. The number of hydrogen-bond acceptors (Lipinski definition) is 8. The van der Waals surface area contributed by atoms with E-state index >= 15 is 0 Å². The molecule has 1 N–H and O–H groups in total. The highest BCUT2D eigenvalue weighted by Gasteiger charge is 2.39. The van der Waals surface area contributed by atoms with Crippen molar-refractivity contribution in [1.82, 2.24) is 9.88 Å². The van der Waals surface area contributed by atoms with E-state index < -0.39 is 0 Å². The van der Waals surface area contributed by atoms with E-state index in [0.717, 1.165) is 0 Å². The van der Waals surface area contributed by atoms with Gasteiger partial charge in [0.15, 0.2) is 0 Å². The average molecular weight is 445 g/mol. The fraction of sp³-hybridized carbons (Fsp3) is 0.429. The molecule has 31 heavy (non-hydrogen) atoms. The van der Waals surface area contributed by atoms with E-state index in [4.69, 9.17) is 14.2 Å². The lowest BCUT2D eigenvalue weighted by molar-refractivity contribution is -0.151. The highest BCUT2D eigenvalue weighted by atomic mass is 32.1. The maximum Gasteiger partial charge on any atom is 0.308 e. The third-order valence-corrected chi connectivity index (χ3v) is 6.32. The fourth-order valence-corrected chi connectivity index (χ4v) is 4.41. The van der Waals surface area contributed by atoms with E-state index in [1.807, 2.05) is 0 Å². The van der Waals surface area contributed by atoms with Gasteiger partial charge in [-0.05, 0) is 31.0 Å². The first-order valence-corrected chi connectivity index (χ1v) is 10.8. The van der Waals surface area contributed by atoms with Crippen molar-refractivity contribution in [3.63, 3.8) is 0 Å². The van der Waals surface area contributed by atoms with Gasteiger partial charge in [0, 0.05) is 12.7 Å². The van der Waals surface area contributed by atoms with Crippen LogP contribution in [0.3, 0.4) is 0 Å². The molecule has 2 aliphatic rings. The Hall–Kier alpha value is -2.98. The molecule has 0 saturated carbocycles. The molecular formula is C21H23N3O6S. The zero-order chi connectivity index (χ0) is 22.0. The summed E-state index contributed by atoms with van der Waals surface area (Å²) in [7, 11) is 3.09. The van der Waals surface area contributed by atoms with Crippen molar-refractivity contribution in [1.29, 1.82) is 0 Å². The van der Waals surface area contributed by atoms with Gasteiger partial charge in [0.25, 0.3) is 11.8 Å². The number of benzene rings is 1. The van der Waals surface area contributed by atoms with Crippen molar-refractivity contribution in [2.24, 2.45) is 0 Å². The number of fused-ring (bicyclic) bond motifs is 2. The van der Waals surface area contributed by atoms with E-state index in [1.165, 1.54) is 24.6 Å². The van der Waals surface area contributed by atoms with Crippen LogP contribution in [0.15, 0.2) is 29.9 Å². The summed E-state index contributed by atoms with van der Waals surface area (Å²) in [5.74, 6) is -0.399. The number of aromatic nitrogens is 1. The normalized spacial score (nSPS) is 23.0. The van der Waals surface area contributed by atoms with E-state index in [1.54, 1.807) is 35.7 Å². The maximum absolute atomic E-state index is 13.2. The van der Waals surface area contributed by atoms with Crippen LogP contribution in [0.1, 0.15) is 39.3 Å². The molecule has 1 fully saturated rings. The van der Waals surface area contributed by atoms with E-state index in [0.29, 0.717) is 34.7 Å². The van der Waals surface area contributed by atoms with Gasteiger partial charge in [-0.1, -0.05) is 0 Å². The van der Waals surface area contributed by atoms with E-state index in [9.17, 15) is 14.4 Å². The number of carbonyl (C=O) groups is 3. The van der Waals surface area contributed by atoms with E-state index in [2.05, 4.69) is 10.3 Å². The number of methoxy groups -OCH3 is 1. The number of esters is 1. The first-order valence-electron chi connectivity index (χ1n) is 9.92. The molecular weight excluding hydrogens is 422 g/mol. The second-order valence-corrected chi connectivity index (χ2v) is 8.37. The minimum atomic E-state index is -0.351. The summed E-state index contributed by atoms with van der Waals surface area (Å²) in [6.07, 6.45) is 2.39. The summed E-state index contributed by atoms with van der Waals surface area (Å²) in [5, 5.41) is 2.79. The highest BCUT2D eigenvalue weighted by molar-refractivity contribution is 7.11. The Morgan fingerprint density at radius 1 is 1.35 bits per heavy atom. The maximum atomic E-state index is 13.2. The molecule has 1 aromatic heterocycles. The number of likely N-dealkylation sites (N-methyl/N-ethyl adjacent to an activating group) is 1. The molecule has 2 amide bonds. The molecule has 0 aliphatic carbocycles. The van der Waals surface area contributed by atoms with Crippen molar-refractivity contribution in [2.45, 2.75) is 37.5 Å². The first kappa shape index (κ1) is 21.3. The predicted molar refractivity (Wildman–Crippen MR) is 112 cm³/mol. The lowest BCUT2D eigenvalue weighted by Crippen LogP contribution is -2.53. The molecule has 164 valence electrons. The summed E-state index contributed by atoms with van der Waals surface area (Å²) >= 11 is 1.24. The number of anilines is 1. The van der Waals surface area contributed by atoms with Crippen molar-refractivity contribution in [2.75, 3.05) is 26.1 Å². The fourth-order valence-electron chi connectivity index (χ4n) is 3.90. The van der Waals surface area contributed by atoms with Crippen LogP contribution >= 0.6 is 11.3 Å². The lowest BCUT2D eigenvalue weighted by atomic mass is 9.94. The van der Waals surface area contributed by atoms with Gasteiger partial charge in [0.1, 0.15) is 23.3 Å².